The summed E-state index contributed by atoms with van der Waals surface area (Å²) in [4.78, 5) is 31.4. The number of para-hydroxylation sites is 1. The maximum absolute atomic E-state index is 13.2. The van der Waals surface area contributed by atoms with Crippen LogP contribution in [0.1, 0.15) is 64.3 Å². The van der Waals surface area contributed by atoms with Crippen molar-refractivity contribution < 1.29 is 9.59 Å². The lowest BCUT2D eigenvalue weighted by molar-refractivity contribution is -0.131. The zero-order valence-corrected chi connectivity index (χ0v) is 20.5. The number of carbonyl (C=O) groups excluding carboxylic acids is 2. The van der Waals surface area contributed by atoms with E-state index in [4.69, 9.17) is 0 Å². The van der Waals surface area contributed by atoms with Crippen LogP contribution in [-0.4, -0.2) is 66.5 Å². The van der Waals surface area contributed by atoms with Crippen LogP contribution in [0.15, 0.2) is 24.3 Å². The summed E-state index contributed by atoms with van der Waals surface area (Å²) in [5, 5.41) is -0.282. The van der Waals surface area contributed by atoms with E-state index < -0.39 is 0 Å². The zero-order valence-electron chi connectivity index (χ0n) is 19.7. The van der Waals surface area contributed by atoms with E-state index in [9.17, 15) is 9.59 Å². The normalized spacial score (nSPS) is 22.9. The topological polar surface area (TPSA) is 43.9 Å². The second kappa shape index (κ2) is 10.9. The van der Waals surface area contributed by atoms with Gasteiger partial charge in [0.15, 0.2) is 0 Å². The number of benzene rings is 1. The lowest BCUT2D eigenvalue weighted by atomic mass is 9.92. The average Bonchev–Trinajstić information content (AvgIpc) is 3.06. The number of amides is 1. The minimum absolute atomic E-state index is 0.0193. The molecule has 6 heteroatoms. The van der Waals surface area contributed by atoms with Crippen LogP contribution in [0.4, 0.5) is 5.69 Å². The standard InChI is InChI=1S/C25H39N3O2S/c1-5-6-13-26-15-17-27(18-16-26)21-10-8-7-9-20(21)24-28(14-12-25(2,3)4)23(30)22(31-24)11-19-29/h7-10,19,22,24H,5-6,11-18H2,1-4H3. The second-order valence-electron chi connectivity index (χ2n) is 9.96. The quantitative estimate of drug-likeness (QED) is 0.521. The van der Waals surface area contributed by atoms with Gasteiger partial charge in [-0.15, -0.1) is 11.8 Å². The van der Waals surface area contributed by atoms with E-state index in [1.165, 1.54) is 30.6 Å². The molecule has 0 saturated carbocycles. The third-order valence-electron chi connectivity index (χ3n) is 6.29. The van der Waals surface area contributed by atoms with Gasteiger partial charge in [-0.25, -0.2) is 0 Å². The van der Waals surface area contributed by atoms with Crippen LogP contribution in [-0.2, 0) is 9.59 Å². The molecule has 0 bridgehead atoms. The highest BCUT2D eigenvalue weighted by Gasteiger charge is 2.42. The number of unbranched alkanes of at least 4 members (excludes halogenated alkanes) is 1. The van der Waals surface area contributed by atoms with Crippen LogP contribution in [0.3, 0.4) is 0 Å². The first-order chi connectivity index (χ1) is 14.8. The summed E-state index contributed by atoms with van der Waals surface area (Å²) in [6, 6.07) is 8.57. The maximum Gasteiger partial charge on any atom is 0.237 e. The predicted octanol–water partition coefficient (Wildman–Crippen LogP) is 4.58. The summed E-state index contributed by atoms with van der Waals surface area (Å²) in [7, 11) is 0. The van der Waals surface area contributed by atoms with Crippen LogP contribution in [0.2, 0.25) is 0 Å². The molecule has 1 aromatic carbocycles. The minimum Gasteiger partial charge on any atom is -0.369 e. The van der Waals surface area contributed by atoms with E-state index in [1.54, 1.807) is 11.8 Å². The molecule has 2 fully saturated rings. The van der Waals surface area contributed by atoms with Crippen molar-refractivity contribution in [2.75, 3.05) is 44.2 Å². The van der Waals surface area contributed by atoms with Crippen molar-refractivity contribution in [3.05, 3.63) is 29.8 Å². The number of rotatable bonds is 9. The summed E-state index contributed by atoms with van der Waals surface area (Å²) in [6.07, 6.45) is 4.63. The van der Waals surface area contributed by atoms with Crippen molar-refractivity contribution in [2.24, 2.45) is 5.41 Å². The van der Waals surface area contributed by atoms with Gasteiger partial charge in [0.05, 0.1) is 5.25 Å². The number of piperazine rings is 1. The molecule has 0 aromatic heterocycles. The van der Waals surface area contributed by atoms with Crippen molar-refractivity contribution in [3.63, 3.8) is 0 Å². The Bertz CT molecular complexity index is 741. The second-order valence-corrected chi connectivity index (χ2v) is 11.3. The van der Waals surface area contributed by atoms with Crippen LogP contribution >= 0.6 is 11.8 Å². The van der Waals surface area contributed by atoms with Gasteiger partial charge in [0, 0.05) is 50.4 Å². The summed E-state index contributed by atoms with van der Waals surface area (Å²) in [6.45, 7) is 15.0. The number of aldehydes is 1. The van der Waals surface area contributed by atoms with E-state index in [0.717, 1.165) is 45.4 Å². The molecule has 2 aliphatic rings. The van der Waals surface area contributed by atoms with Crippen molar-refractivity contribution in [3.8, 4) is 0 Å². The van der Waals surface area contributed by atoms with Gasteiger partial charge in [0.1, 0.15) is 11.7 Å². The van der Waals surface area contributed by atoms with Gasteiger partial charge in [-0.2, -0.15) is 0 Å². The van der Waals surface area contributed by atoms with Gasteiger partial charge in [-0.3, -0.25) is 9.69 Å². The Morgan fingerprint density at radius 1 is 1.10 bits per heavy atom. The number of nitrogens with zero attached hydrogens (tertiary/aromatic N) is 3. The highest BCUT2D eigenvalue weighted by Crippen LogP contribution is 2.47. The summed E-state index contributed by atoms with van der Waals surface area (Å²) < 4.78 is 0. The predicted molar refractivity (Wildman–Crippen MR) is 131 cm³/mol. The Hall–Kier alpha value is -1.53. The highest BCUT2D eigenvalue weighted by atomic mass is 32.2. The molecule has 5 nitrogen and oxygen atoms in total. The lowest BCUT2D eigenvalue weighted by Gasteiger charge is -2.38. The fourth-order valence-corrected chi connectivity index (χ4v) is 5.79. The Morgan fingerprint density at radius 3 is 2.45 bits per heavy atom. The van der Waals surface area contributed by atoms with Crippen molar-refractivity contribution in [1.29, 1.82) is 0 Å². The first-order valence-corrected chi connectivity index (χ1v) is 12.7. The van der Waals surface area contributed by atoms with Crippen LogP contribution in [0.5, 0.6) is 0 Å². The van der Waals surface area contributed by atoms with Gasteiger partial charge in [-0.05, 0) is 30.9 Å². The third kappa shape index (κ3) is 6.26. The Kier molecular flexibility index (Phi) is 8.45. The average molecular weight is 446 g/mol. The van der Waals surface area contributed by atoms with E-state index >= 15 is 0 Å². The van der Waals surface area contributed by atoms with Crippen LogP contribution in [0, 0.1) is 5.41 Å². The van der Waals surface area contributed by atoms with E-state index in [-0.39, 0.29) is 21.9 Å². The Labute approximate surface area is 192 Å². The van der Waals surface area contributed by atoms with E-state index in [2.05, 4.69) is 61.8 Å². The first kappa shape index (κ1) is 24.1. The maximum atomic E-state index is 13.2. The SMILES string of the molecule is CCCCN1CCN(c2ccccc2C2SC(CC=O)C(=O)N2CCC(C)(C)C)CC1. The van der Waals surface area contributed by atoms with Gasteiger partial charge in [0.2, 0.25) is 5.91 Å². The van der Waals surface area contributed by atoms with Gasteiger partial charge in [0.25, 0.3) is 0 Å². The molecule has 0 radical (unpaired) electrons. The molecule has 3 rings (SSSR count). The lowest BCUT2D eigenvalue weighted by Crippen LogP contribution is -2.47. The Morgan fingerprint density at radius 2 is 1.81 bits per heavy atom. The highest BCUT2D eigenvalue weighted by molar-refractivity contribution is 8.01. The van der Waals surface area contributed by atoms with Crippen LogP contribution < -0.4 is 4.90 Å². The number of carbonyl (C=O) groups is 2. The molecule has 0 N–H and O–H groups in total. The summed E-state index contributed by atoms with van der Waals surface area (Å²) in [5.41, 5.74) is 2.62. The zero-order chi connectivity index (χ0) is 22.4. The summed E-state index contributed by atoms with van der Waals surface area (Å²) in [5.74, 6) is 0.116. The van der Waals surface area contributed by atoms with Crippen molar-refractivity contribution >= 4 is 29.6 Å². The number of thioether (sulfide) groups is 1. The first-order valence-electron chi connectivity index (χ1n) is 11.8. The molecule has 172 valence electrons. The molecule has 1 aromatic rings. The summed E-state index contributed by atoms with van der Waals surface area (Å²) >= 11 is 1.65. The fraction of sp³-hybridized carbons (Fsp3) is 0.680. The monoisotopic (exact) mass is 445 g/mol. The molecule has 31 heavy (non-hydrogen) atoms. The third-order valence-corrected chi connectivity index (χ3v) is 7.78. The molecule has 0 spiro atoms. The number of hydrogen-bond donors (Lipinski definition) is 0. The molecule has 2 heterocycles. The molecule has 2 aliphatic heterocycles. The van der Waals surface area contributed by atoms with Crippen molar-refractivity contribution in [2.45, 2.75) is 64.0 Å². The number of hydrogen-bond acceptors (Lipinski definition) is 5. The molecule has 2 atom stereocenters. The Balaban J connectivity index is 1.80. The minimum atomic E-state index is -0.263. The molecule has 2 saturated heterocycles. The molecule has 0 aliphatic carbocycles. The molecule has 2 unspecified atom stereocenters. The largest absolute Gasteiger partial charge is 0.369 e. The smallest absolute Gasteiger partial charge is 0.237 e. The van der Waals surface area contributed by atoms with Gasteiger partial charge < -0.3 is 14.6 Å². The number of anilines is 1. The van der Waals surface area contributed by atoms with Gasteiger partial charge in [-0.1, -0.05) is 52.3 Å². The molecule has 1 amide bonds. The van der Waals surface area contributed by atoms with E-state index in [0.29, 0.717) is 6.42 Å². The fourth-order valence-electron chi connectivity index (χ4n) is 4.33. The molecular formula is C25H39N3O2S. The van der Waals surface area contributed by atoms with E-state index in [1.807, 2.05) is 4.90 Å². The molecular weight excluding hydrogens is 406 g/mol. The van der Waals surface area contributed by atoms with Crippen LogP contribution in [0.25, 0.3) is 0 Å². The van der Waals surface area contributed by atoms with Gasteiger partial charge >= 0.3 is 0 Å². The van der Waals surface area contributed by atoms with Crippen molar-refractivity contribution in [1.82, 2.24) is 9.80 Å².